The monoisotopic (exact) mass is 397 g/mol. The van der Waals surface area contributed by atoms with Crippen LogP contribution in [-0.2, 0) is 14.3 Å². The largest absolute Gasteiger partial charge is 0.378 e. The molecule has 2 heterocycles. The van der Waals surface area contributed by atoms with E-state index in [0.717, 1.165) is 45.2 Å². The van der Waals surface area contributed by atoms with Crippen LogP contribution in [0.3, 0.4) is 0 Å². The van der Waals surface area contributed by atoms with Crippen molar-refractivity contribution in [1.82, 2.24) is 14.7 Å². The first-order chi connectivity index (χ1) is 13.4. The minimum Gasteiger partial charge on any atom is -0.378 e. The third kappa shape index (κ3) is 9.31. The summed E-state index contributed by atoms with van der Waals surface area (Å²) in [5.74, 6) is 1.35. The molecule has 2 aliphatic heterocycles. The molecule has 0 radical (unpaired) electrons. The lowest BCUT2D eigenvalue weighted by atomic mass is 9.96. The van der Waals surface area contributed by atoms with Crippen molar-refractivity contribution < 1.29 is 14.3 Å². The van der Waals surface area contributed by atoms with Gasteiger partial charge >= 0.3 is 0 Å². The fourth-order valence-electron chi connectivity index (χ4n) is 3.93. The molecule has 0 aliphatic carbocycles. The highest BCUT2D eigenvalue weighted by Crippen LogP contribution is 2.19. The van der Waals surface area contributed by atoms with Gasteiger partial charge in [0.2, 0.25) is 0 Å². The van der Waals surface area contributed by atoms with Crippen molar-refractivity contribution in [1.29, 1.82) is 0 Å². The Hall–Kier alpha value is -0.530. The Morgan fingerprint density at radius 1 is 0.857 bits per heavy atom. The number of piperidine rings is 1. The number of hydrogen-bond donors (Lipinski definition) is 0. The van der Waals surface area contributed by atoms with E-state index in [0.29, 0.717) is 25.5 Å². The zero-order chi connectivity index (χ0) is 20.4. The standard InChI is InChI=1S/C22H43N3O3/c1-19(2)22(26)18-25-11-9-24(10-12-25)17-21-5-7-23(8-6-21)13-14-27-15-16-28-20(3)4/h19-21H,5-18H2,1-4H3. The second-order valence-electron chi connectivity index (χ2n) is 9.01. The molecule has 0 bridgehead atoms. The second kappa shape index (κ2) is 12.9. The Labute approximate surface area is 172 Å². The Morgan fingerprint density at radius 2 is 1.50 bits per heavy atom. The van der Waals surface area contributed by atoms with Crippen LogP contribution in [0, 0.1) is 11.8 Å². The van der Waals surface area contributed by atoms with E-state index in [9.17, 15) is 4.79 Å². The van der Waals surface area contributed by atoms with Gasteiger partial charge in [-0.3, -0.25) is 9.69 Å². The zero-order valence-electron chi connectivity index (χ0n) is 18.7. The van der Waals surface area contributed by atoms with Crippen molar-refractivity contribution in [2.75, 3.05) is 78.7 Å². The number of Topliss-reactive ketones (excluding diaryl/α,β-unsaturated/α-hetero) is 1. The quantitative estimate of drug-likeness (QED) is 0.469. The Morgan fingerprint density at radius 3 is 2.11 bits per heavy atom. The fraction of sp³-hybridized carbons (Fsp3) is 0.955. The highest BCUT2D eigenvalue weighted by molar-refractivity contribution is 5.82. The molecule has 0 N–H and O–H groups in total. The number of piperazine rings is 1. The van der Waals surface area contributed by atoms with E-state index in [1.54, 1.807) is 0 Å². The van der Waals surface area contributed by atoms with E-state index in [2.05, 4.69) is 28.5 Å². The van der Waals surface area contributed by atoms with Crippen LogP contribution in [0.15, 0.2) is 0 Å². The number of carbonyl (C=O) groups is 1. The van der Waals surface area contributed by atoms with Crippen LogP contribution in [0.2, 0.25) is 0 Å². The van der Waals surface area contributed by atoms with Crippen molar-refractivity contribution in [2.45, 2.75) is 46.6 Å². The highest BCUT2D eigenvalue weighted by Gasteiger charge is 2.24. The summed E-state index contributed by atoms with van der Waals surface area (Å²) >= 11 is 0. The molecule has 0 aromatic heterocycles. The number of rotatable bonds is 12. The lowest BCUT2D eigenvalue weighted by molar-refractivity contribution is -0.123. The number of nitrogens with zero attached hydrogens (tertiary/aromatic N) is 3. The Kier molecular flexibility index (Phi) is 10.9. The first-order valence-electron chi connectivity index (χ1n) is 11.3. The van der Waals surface area contributed by atoms with E-state index in [1.807, 2.05) is 13.8 Å². The first-order valence-corrected chi connectivity index (χ1v) is 11.3. The molecule has 0 saturated carbocycles. The summed E-state index contributed by atoms with van der Waals surface area (Å²) in [6.07, 6.45) is 2.87. The highest BCUT2D eigenvalue weighted by atomic mass is 16.5. The van der Waals surface area contributed by atoms with Gasteiger partial charge < -0.3 is 19.3 Å². The molecule has 0 aromatic carbocycles. The van der Waals surface area contributed by atoms with Crippen LogP contribution < -0.4 is 0 Å². The van der Waals surface area contributed by atoms with Gasteiger partial charge in [0.05, 0.1) is 32.5 Å². The molecular formula is C22H43N3O3. The predicted octanol–water partition coefficient (Wildman–Crippen LogP) is 1.98. The van der Waals surface area contributed by atoms with Crippen LogP contribution in [-0.4, -0.2) is 105 Å². The SMILES string of the molecule is CC(C)OCCOCCN1CCC(CN2CCN(CC(=O)C(C)C)CC2)CC1. The van der Waals surface area contributed by atoms with Crippen LogP contribution in [0.25, 0.3) is 0 Å². The molecule has 0 amide bonds. The summed E-state index contributed by atoms with van der Waals surface area (Å²) < 4.78 is 11.2. The van der Waals surface area contributed by atoms with Crippen molar-refractivity contribution >= 4 is 5.78 Å². The van der Waals surface area contributed by atoms with Crippen molar-refractivity contribution in [3.8, 4) is 0 Å². The summed E-state index contributed by atoms with van der Waals surface area (Å²) in [6.45, 7) is 19.9. The zero-order valence-corrected chi connectivity index (χ0v) is 18.7. The van der Waals surface area contributed by atoms with Crippen molar-refractivity contribution in [3.05, 3.63) is 0 Å². The third-order valence-corrected chi connectivity index (χ3v) is 5.94. The Bertz CT molecular complexity index is 429. The molecule has 0 atom stereocenters. The van der Waals surface area contributed by atoms with Gasteiger partial charge in [-0.2, -0.15) is 0 Å². The summed E-state index contributed by atoms with van der Waals surface area (Å²) in [6, 6.07) is 0. The predicted molar refractivity (Wildman–Crippen MR) is 114 cm³/mol. The van der Waals surface area contributed by atoms with Gasteiger partial charge in [0.15, 0.2) is 0 Å². The number of hydrogen-bond acceptors (Lipinski definition) is 6. The maximum atomic E-state index is 11.9. The molecular weight excluding hydrogens is 354 g/mol. The molecule has 28 heavy (non-hydrogen) atoms. The molecule has 0 aromatic rings. The van der Waals surface area contributed by atoms with E-state index >= 15 is 0 Å². The molecule has 0 spiro atoms. The van der Waals surface area contributed by atoms with Crippen LogP contribution >= 0.6 is 0 Å². The molecule has 2 rings (SSSR count). The number of ether oxygens (including phenoxy) is 2. The molecule has 2 fully saturated rings. The molecule has 6 heteroatoms. The van der Waals surface area contributed by atoms with Crippen LogP contribution in [0.1, 0.15) is 40.5 Å². The van der Waals surface area contributed by atoms with Gasteiger partial charge in [0, 0.05) is 45.2 Å². The van der Waals surface area contributed by atoms with E-state index in [1.165, 1.54) is 32.5 Å². The minimum absolute atomic E-state index is 0.155. The molecule has 2 aliphatic rings. The maximum Gasteiger partial charge on any atom is 0.149 e. The normalized spacial score (nSPS) is 21.1. The van der Waals surface area contributed by atoms with Crippen molar-refractivity contribution in [3.63, 3.8) is 0 Å². The fourth-order valence-corrected chi connectivity index (χ4v) is 3.93. The van der Waals surface area contributed by atoms with Gasteiger partial charge in [0.25, 0.3) is 0 Å². The van der Waals surface area contributed by atoms with Gasteiger partial charge in [-0.25, -0.2) is 0 Å². The summed E-state index contributed by atoms with van der Waals surface area (Å²) in [4.78, 5) is 19.4. The lowest BCUT2D eigenvalue weighted by Crippen LogP contribution is -2.50. The van der Waals surface area contributed by atoms with Gasteiger partial charge in [-0.05, 0) is 45.7 Å². The molecule has 6 nitrogen and oxygen atoms in total. The minimum atomic E-state index is 0.155. The van der Waals surface area contributed by atoms with E-state index < -0.39 is 0 Å². The summed E-state index contributed by atoms with van der Waals surface area (Å²) in [7, 11) is 0. The molecule has 164 valence electrons. The topological polar surface area (TPSA) is 45.3 Å². The van der Waals surface area contributed by atoms with Crippen LogP contribution in [0.5, 0.6) is 0 Å². The van der Waals surface area contributed by atoms with E-state index in [4.69, 9.17) is 9.47 Å². The molecule has 0 unspecified atom stereocenters. The van der Waals surface area contributed by atoms with Crippen LogP contribution in [0.4, 0.5) is 0 Å². The maximum absolute atomic E-state index is 11.9. The summed E-state index contributed by atoms with van der Waals surface area (Å²) in [5.41, 5.74) is 0. The number of likely N-dealkylation sites (tertiary alicyclic amines) is 1. The molecule has 2 saturated heterocycles. The number of carbonyl (C=O) groups excluding carboxylic acids is 1. The Balaban J connectivity index is 1.51. The van der Waals surface area contributed by atoms with Gasteiger partial charge in [-0.1, -0.05) is 13.8 Å². The third-order valence-electron chi connectivity index (χ3n) is 5.94. The average molecular weight is 398 g/mol. The average Bonchev–Trinajstić information content (AvgIpc) is 2.67. The smallest absolute Gasteiger partial charge is 0.149 e. The van der Waals surface area contributed by atoms with Gasteiger partial charge in [-0.15, -0.1) is 0 Å². The second-order valence-corrected chi connectivity index (χ2v) is 9.01. The van der Waals surface area contributed by atoms with Crippen molar-refractivity contribution in [2.24, 2.45) is 11.8 Å². The lowest BCUT2D eigenvalue weighted by Gasteiger charge is -2.38. The van der Waals surface area contributed by atoms with Gasteiger partial charge in [0.1, 0.15) is 5.78 Å². The first kappa shape index (κ1) is 23.7. The summed E-state index contributed by atoms with van der Waals surface area (Å²) in [5, 5.41) is 0. The van der Waals surface area contributed by atoms with E-state index in [-0.39, 0.29) is 12.0 Å². The number of ketones is 1.